The van der Waals surface area contributed by atoms with Gasteiger partial charge >= 0.3 is 5.97 Å². The van der Waals surface area contributed by atoms with Gasteiger partial charge in [0.25, 0.3) is 0 Å². The number of rotatable bonds is 2. The molecule has 1 aliphatic heterocycles. The van der Waals surface area contributed by atoms with Gasteiger partial charge in [-0.25, -0.2) is 0 Å². The van der Waals surface area contributed by atoms with E-state index in [-0.39, 0.29) is 18.0 Å². The molecule has 1 rings (SSSR count). The molecule has 0 radical (unpaired) electrons. The highest BCUT2D eigenvalue weighted by Gasteiger charge is 2.30. The minimum Gasteiger partial charge on any atom is -0.460 e. The highest BCUT2D eigenvalue weighted by Crippen LogP contribution is 2.13. The van der Waals surface area contributed by atoms with Crippen molar-refractivity contribution >= 4 is 11.9 Å². The fourth-order valence-electron chi connectivity index (χ4n) is 1.36. The summed E-state index contributed by atoms with van der Waals surface area (Å²) in [5.74, 6) is -0.241. The number of nitrogens with zero attached hydrogens (tertiary/aromatic N) is 1. The molecule has 68 valence electrons. The minimum absolute atomic E-state index is 0.0729. The summed E-state index contributed by atoms with van der Waals surface area (Å²) in [5.41, 5.74) is 0. The fourth-order valence-corrected chi connectivity index (χ4v) is 1.36. The zero-order valence-electron chi connectivity index (χ0n) is 7.37. The van der Waals surface area contributed by atoms with E-state index in [0.717, 1.165) is 0 Å². The van der Waals surface area contributed by atoms with Crippen LogP contribution in [0.15, 0.2) is 0 Å². The molecule has 4 nitrogen and oxygen atoms in total. The van der Waals surface area contributed by atoms with Gasteiger partial charge < -0.3 is 9.64 Å². The molecule has 1 fully saturated rings. The summed E-state index contributed by atoms with van der Waals surface area (Å²) in [5, 5.41) is 0. The van der Waals surface area contributed by atoms with Crippen molar-refractivity contribution in [3.63, 3.8) is 0 Å². The third kappa shape index (κ3) is 1.96. The van der Waals surface area contributed by atoms with E-state index in [1.807, 2.05) is 6.92 Å². The van der Waals surface area contributed by atoms with Crippen molar-refractivity contribution < 1.29 is 14.3 Å². The predicted octanol–water partition coefficient (Wildman–Crippen LogP) is 0.170. The average molecular weight is 171 g/mol. The Morgan fingerprint density at radius 1 is 1.75 bits per heavy atom. The Labute approximate surface area is 71.5 Å². The molecule has 0 aromatic heterocycles. The van der Waals surface area contributed by atoms with Gasteiger partial charge in [-0.05, 0) is 6.92 Å². The maximum Gasteiger partial charge on any atom is 0.302 e. The first-order valence-electron chi connectivity index (χ1n) is 4.08. The number of ether oxygens (including phenoxy) is 1. The lowest BCUT2D eigenvalue weighted by Gasteiger charge is -2.12. The van der Waals surface area contributed by atoms with Crippen LogP contribution < -0.4 is 0 Å². The summed E-state index contributed by atoms with van der Waals surface area (Å²) < 4.78 is 4.91. The number of esters is 1. The van der Waals surface area contributed by atoms with Crippen LogP contribution in [0.5, 0.6) is 0 Å². The van der Waals surface area contributed by atoms with Crippen LogP contribution in [-0.2, 0) is 14.3 Å². The molecule has 0 bridgehead atoms. The summed E-state index contributed by atoms with van der Waals surface area (Å²) in [6.45, 7) is 4.51. The number of carbonyl (C=O) groups excluding carboxylic acids is 2. The number of carbonyl (C=O) groups is 2. The number of amides is 1. The lowest BCUT2D eigenvalue weighted by molar-refractivity contribution is -0.145. The average Bonchev–Trinajstić information content (AvgIpc) is 2.29. The Kier molecular flexibility index (Phi) is 2.68. The van der Waals surface area contributed by atoms with E-state index in [1.165, 1.54) is 6.92 Å². The van der Waals surface area contributed by atoms with Crippen LogP contribution in [0.1, 0.15) is 20.3 Å². The van der Waals surface area contributed by atoms with Gasteiger partial charge in [0.1, 0.15) is 6.10 Å². The van der Waals surface area contributed by atoms with Crippen LogP contribution in [0.3, 0.4) is 0 Å². The lowest BCUT2D eigenvalue weighted by atomic mass is 10.3. The third-order valence-corrected chi connectivity index (χ3v) is 1.89. The molecule has 0 aliphatic carbocycles. The Hall–Kier alpha value is -1.06. The minimum atomic E-state index is -0.314. The number of likely N-dealkylation sites (N-methyl/N-ethyl adjacent to an activating group) is 1. The molecular formula is C8H13NO3. The van der Waals surface area contributed by atoms with Gasteiger partial charge in [0.2, 0.25) is 5.91 Å². The molecule has 1 atom stereocenters. The molecule has 0 N–H and O–H groups in total. The van der Waals surface area contributed by atoms with Crippen molar-refractivity contribution in [3.8, 4) is 0 Å². The largest absolute Gasteiger partial charge is 0.460 e. The predicted molar refractivity (Wildman–Crippen MR) is 42.4 cm³/mol. The Morgan fingerprint density at radius 3 is 2.83 bits per heavy atom. The molecule has 1 unspecified atom stereocenters. The van der Waals surface area contributed by atoms with Gasteiger partial charge in [-0.2, -0.15) is 0 Å². The number of likely N-dealkylation sites (tertiary alicyclic amines) is 1. The zero-order chi connectivity index (χ0) is 9.14. The normalized spacial score (nSPS) is 23.0. The third-order valence-electron chi connectivity index (χ3n) is 1.89. The molecule has 1 saturated heterocycles. The molecule has 0 saturated carbocycles. The maximum atomic E-state index is 11.1. The fraction of sp³-hybridized carbons (Fsp3) is 0.750. The number of hydrogen-bond acceptors (Lipinski definition) is 3. The van der Waals surface area contributed by atoms with E-state index in [2.05, 4.69) is 0 Å². The number of hydrogen-bond donors (Lipinski definition) is 0. The molecule has 1 amide bonds. The summed E-state index contributed by atoms with van der Waals surface area (Å²) in [4.78, 5) is 23.4. The van der Waals surface area contributed by atoms with E-state index in [4.69, 9.17) is 4.74 Å². The molecule has 4 heteroatoms. The molecule has 12 heavy (non-hydrogen) atoms. The van der Waals surface area contributed by atoms with Gasteiger partial charge in [0.05, 0.1) is 13.0 Å². The van der Waals surface area contributed by atoms with Gasteiger partial charge in [-0.15, -0.1) is 0 Å². The maximum absolute atomic E-state index is 11.1. The smallest absolute Gasteiger partial charge is 0.302 e. The monoisotopic (exact) mass is 171 g/mol. The molecule has 1 heterocycles. The van der Waals surface area contributed by atoms with E-state index in [1.54, 1.807) is 4.90 Å². The SMILES string of the molecule is CCN1CC(OC(C)=O)CC1=O. The summed E-state index contributed by atoms with van der Waals surface area (Å²) in [6.07, 6.45) is 0.114. The molecule has 0 spiro atoms. The molecule has 0 aromatic carbocycles. The second kappa shape index (κ2) is 3.56. The molecular weight excluding hydrogens is 158 g/mol. The summed E-state index contributed by atoms with van der Waals surface area (Å²) >= 11 is 0. The Bertz CT molecular complexity index is 202. The van der Waals surface area contributed by atoms with Crippen LogP contribution >= 0.6 is 0 Å². The van der Waals surface area contributed by atoms with Gasteiger partial charge in [0, 0.05) is 13.5 Å². The Balaban J connectivity index is 2.43. The first kappa shape index (κ1) is 9.03. The van der Waals surface area contributed by atoms with Crippen molar-refractivity contribution in [2.75, 3.05) is 13.1 Å². The highest BCUT2D eigenvalue weighted by molar-refractivity contribution is 5.79. The second-order valence-electron chi connectivity index (χ2n) is 2.87. The first-order chi connectivity index (χ1) is 5.63. The van der Waals surface area contributed by atoms with Crippen molar-refractivity contribution in [2.45, 2.75) is 26.4 Å². The zero-order valence-corrected chi connectivity index (χ0v) is 7.37. The van der Waals surface area contributed by atoms with Crippen molar-refractivity contribution in [2.24, 2.45) is 0 Å². The second-order valence-corrected chi connectivity index (χ2v) is 2.87. The van der Waals surface area contributed by atoms with Crippen LogP contribution in [0.2, 0.25) is 0 Å². The molecule has 0 aromatic rings. The van der Waals surface area contributed by atoms with E-state index in [9.17, 15) is 9.59 Å². The summed E-state index contributed by atoms with van der Waals surface area (Å²) in [7, 11) is 0. The van der Waals surface area contributed by atoms with E-state index in [0.29, 0.717) is 19.5 Å². The van der Waals surface area contributed by atoms with E-state index < -0.39 is 0 Å². The van der Waals surface area contributed by atoms with Gasteiger partial charge in [0.15, 0.2) is 0 Å². The van der Waals surface area contributed by atoms with Crippen LogP contribution in [0.4, 0.5) is 0 Å². The first-order valence-corrected chi connectivity index (χ1v) is 4.08. The van der Waals surface area contributed by atoms with Crippen LogP contribution in [0.25, 0.3) is 0 Å². The van der Waals surface area contributed by atoms with Gasteiger partial charge in [-0.1, -0.05) is 0 Å². The lowest BCUT2D eigenvalue weighted by Crippen LogP contribution is -2.26. The summed E-state index contributed by atoms with van der Waals surface area (Å²) in [6, 6.07) is 0. The molecule has 1 aliphatic rings. The van der Waals surface area contributed by atoms with Crippen LogP contribution in [0, 0.1) is 0 Å². The highest BCUT2D eigenvalue weighted by atomic mass is 16.5. The van der Waals surface area contributed by atoms with Gasteiger partial charge in [-0.3, -0.25) is 9.59 Å². The van der Waals surface area contributed by atoms with E-state index >= 15 is 0 Å². The van der Waals surface area contributed by atoms with Crippen molar-refractivity contribution in [1.29, 1.82) is 0 Å². The Morgan fingerprint density at radius 2 is 2.42 bits per heavy atom. The quantitative estimate of drug-likeness (QED) is 0.556. The topological polar surface area (TPSA) is 46.6 Å². The standard InChI is InChI=1S/C8H13NO3/c1-3-9-5-7(4-8(9)11)12-6(2)10/h7H,3-5H2,1-2H3. The van der Waals surface area contributed by atoms with Crippen molar-refractivity contribution in [3.05, 3.63) is 0 Å². The van der Waals surface area contributed by atoms with Crippen molar-refractivity contribution in [1.82, 2.24) is 4.90 Å². The van der Waals surface area contributed by atoms with Crippen LogP contribution in [-0.4, -0.2) is 36.0 Å².